The third kappa shape index (κ3) is 1.88. The van der Waals surface area contributed by atoms with Gasteiger partial charge in [-0.05, 0) is 19.1 Å². The van der Waals surface area contributed by atoms with Crippen LogP contribution >= 0.6 is 0 Å². The Hall–Kier alpha value is -1.73. The molecule has 0 amide bonds. The SMILES string of the molecule is CC(C#N)Oc1ccc2c(c1)OCC2N. The van der Waals surface area contributed by atoms with Gasteiger partial charge in [-0.15, -0.1) is 0 Å². The molecule has 0 aromatic heterocycles. The number of ether oxygens (including phenoxy) is 2. The molecule has 0 aliphatic carbocycles. The van der Waals surface area contributed by atoms with Gasteiger partial charge in [0, 0.05) is 11.6 Å². The minimum atomic E-state index is -0.460. The second-order valence-corrected chi connectivity index (χ2v) is 3.51. The van der Waals surface area contributed by atoms with E-state index in [4.69, 9.17) is 20.5 Å². The number of fused-ring (bicyclic) bond motifs is 1. The standard InChI is InChI=1S/C11H12N2O2/c1-7(5-12)15-8-2-3-9-10(13)6-14-11(9)4-8/h2-4,7,10H,6,13H2,1H3. The van der Waals surface area contributed by atoms with Crippen LogP contribution in [0.3, 0.4) is 0 Å². The van der Waals surface area contributed by atoms with Gasteiger partial charge in [0.15, 0.2) is 6.10 Å². The predicted octanol–water partition coefficient (Wildman–Crippen LogP) is 1.37. The molecule has 4 nitrogen and oxygen atoms in total. The van der Waals surface area contributed by atoms with Crippen molar-refractivity contribution >= 4 is 0 Å². The highest BCUT2D eigenvalue weighted by atomic mass is 16.5. The maximum atomic E-state index is 8.61. The molecule has 0 radical (unpaired) electrons. The zero-order valence-corrected chi connectivity index (χ0v) is 8.43. The van der Waals surface area contributed by atoms with Crippen molar-refractivity contribution in [1.29, 1.82) is 5.26 Å². The van der Waals surface area contributed by atoms with Gasteiger partial charge in [0.2, 0.25) is 0 Å². The molecule has 0 spiro atoms. The summed E-state index contributed by atoms with van der Waals surface area (Å²) in [6, 6.07) is 7.41. The average Bonchev–Trinajstić information content (AvgIpc) is 2.60. The van der Waals surface area contributed by atoms with Gasteiger partial charge >= 0.3 is 0 Å². The van der Waals surface area contributed by atoms with Crippen molar-refractivity contribution in [3.8, 4) is 17.6 Å². The van der Waals surface area contributed by atoms with E-state index < -0.39 is 6.10 Å². The molecule has 2 unspecified atom stereocenters. The van der Waals surface area contributed by atoms with Gasteiger partial charge < -0.3 is 15.2 Å². The van der Waals surface area contributed by atoms with Crippen LogP contribution in [0, 0.1) is 11.3 Å². The lowest BCUT2D eigenvalue weighted by Gasteiger charge is -2.08. The summed E-state index contributed by atoms with van der Waals surface area (Å²) in [5, 5.41) is 8.61. The van der Waals surface area contributed by atoms with Crippen LogP contribution in [0.15, 0.2) is 18.2 Å². The fourth-order valence-corrected chi connectivity index (χ4v) is 1.52. The van der Waals surface area contributed by atoms with Crippen molar-refractivity contribution in [3.05, 3.63) is 23.8 Å². The molecule has 0 bridgehead atoms. The van der Waals surface area contributed by atoms with E-state index in [1.54, 1.807) is 19.1 Å². The molecule has 1 aromatic carbocycles. The normalized spacial score (nSPS) is 19.9. The van der Waals surface area contributed by atoms with Crippen molar-refractivity contribution in [2.75, 3.05) is 6.61 Å². The molecule has 78 valence electrons. The largest absolute Gasteiger partial charge is 0.491 e. The van der Waals surface area contributed by atoms with Gasteiger partial charge in [0.05, 0.1) is 6.04 Å². The smallest absolute Gasteiger partial charge is 0.181 e. The highest BCUT2D eigenvalue weighted by molar-refractivity contribution is 5.44. The number of hydrogen-bond donors (Lipinski definition) is 1. The Kier molecular flexibility index (Phi) is 2.48. The predicted molar refractivity (Wildman–Crippen MR) is 54.6 cm³/mol. The summed E-state index contributed by atoms with van der Waals surface area (Å²) in [6.45, 7) is 2.20. The van der Waals surface area contributed by atoms with Gasteiger partial charge in [-0.1, -0.05) is 0 Å². The fraction of sp³-hybridized carbons (Fsp3) is 0.364. The van der Waals surface area contributed by atoms with E-state index in [0.717, 1.165) is 11.3 Å². The first kappa shape index (κ1) is 9.81. The molecule has 15 heavy (non-hydrogen) atoms. The summed E-state index contributed by atoms with van der Waals surface area (Å²) in [7, 11) is 0. The van der Waals surface area contributed by atoms with Crippen molar-refractivity contribution in [2.45, 2.75) is 19.1 Å². The van der Waals surface area contributed by atoms with Crippen molar-refractivity contribution in [2.24, 2.45) is 5.73 Å². The van der Waals surface area contributed by atoms with Crippen LogP contribution in [-0.4, -0.2) is 12.7 Å². The zero-order valence-electron chi connectivity index (χ0n) is 8.43. The molecule has 2 rings (SSSR count). The maximum Gasteiger partial charge on any atom is 0.181 e. The highest BCUT2D eigenvalue weighted by Gasteiger charge is 2.21. The second kappa shape index (κ2) is 3.79. The monoisotopic (exact) mass is 204 g/mol. The summed E-state index contributed by atoms with van der Waals surface area (Å²) < 4.78 is 10.7. The van der Waals surface area contributed by atoms with E-state index in [9.17, 15) is 0 Å². The fourth-order valence-electron chi connectivity index (χ4n) is 1.52. The number of nitrogens with two attached hydrogens (primary N) is 1. The van der Waals surface area contributed by atoms with Crippen molar-refractivity contribution in [1.82, 2.24) is 0 Å². The number of hydrogen-bond acceptors (Lipinski definition) is 4. The van der Waals surface area contributed by atoms with E-state index in [0.29, 0.717) is 12.4 Å². The molecular weight excluding hydrogens is 192 g/mol. The molecule has 1 aliphatic rings. The molecule has 1 heterocycles. The Morgan fingerprint density at radius 2 is 2.47 bits per heavy atom. The molecule has 0 fully saturated rings. The maximum absolute atomic E-state index is 8.61. The lowest BCUT2D eigenvalue weighted by atomic mass is 10.1. The first-order valence-corrected chi connectivity index (χ1v) is 4.79. The molecular formula is C11H12N2O2. The molecule has 0 saturated heterocycles. The Morgan fingerprint density at radius 3 is 3.20 bits per heavy atom. The van der Waals surface area contributed by atoms with Crippen molar-refractivity contribution < 1.29 is 9.47 Å². The average molecular weight is 204 g/mol. The van der Waals surface area contributed by atoms with Crippen LogP contribution in [-0.2, 0) is 0 Å². The summed E-state index contributed by atoms with van der Waals surface area (Å²) in [6.07, 6.45) is -0.460. The summed E-state index contributed by atoms with van der Waals surface area (Å²) in [5.74, 6) is 1.39. The van der Waals surface area contributed by atoms with Gasteiger partial charge in [-0.2, -0.15) is 5.26 Å². The topological polar surface area (TPSA) is 68.3 Å². The first-order valence-electron chi connectivity index (χ1n) is 4.79. The molecule has 1 aromatic rings. The summed E-state index contributed by atoms with van der Waals surface area (Å²) in [5.41, 5.74) is 6.80. The second-order valence-electron chi connectivity index (χ2n) is 3.51. The molecule has 2 atom stereocenters. The lowest BCUT2D eigenvalue weighted by Crippen LogP contribution is -2.10. The van der Waals surface area contributed by atoms with E-state index >= 15 is 0 Å². The molecule has 0 saturated carbocycles. The zero-order chi connectivity index (χ0) is 10.8. The van der Waals surface area contributed by atoms with Crippen molar-refractivity contribution in [3.63, 3.8) is 0 Å². The quantitative estimate of drug-likeness (QED) is 0.790. The van der Waals surface area contributed by atoms with E-state index in [2.05, 4.69) is 0 Å². The van der Waals surface area contributed by atoms with Gasteiger partial charge in [0.25, 0.3) is 0 Å². The van der Waals surface area contributed by atoms with Crippen LogP contribution < -0.4 is 15.2 Å². The molecule has 1 aliphatic heterocycles. The number of nitriles is 1. The van der Waals surface area contributed by atoms with Crippen LogP contribution in [0.1, 0.15) is 18.5 Å². The van der Waals surface area contributed by atoms with Crippen LogP contribution in [0.2, 0.25) is 0 Å². The van der Waals surface area contributed by atoms with Crippen LogP contribution in [0.4, 0.5) is 0 Å². The van der Waals surface area contributed by atoms with E-state index in [1.807, 2.05) is 12.1 Å². The minimum absolute atomic E-state index is 0.0533. The third-order valence-corrected chi connectivity index (χ3v) is 2.30. The Bertz CT molecular complexity index is 412. The minimum Gasteiger partial charge on any atom is -0.491 e. The van der Waals surface area contributed by atoms with Gasteiger partial charge in [-0.25, -0.2) is 0 Å². The summed E-state index contributed by atoms with van der Waals surface area (Å²) in [4.78, 5) is 0. The number of rotatable bonds is 2. The van der Waals surface area contributed by atoms with E-state index in [1.165, 1.54) is 0 Å². The van der Waals surface area contributed by atoms with Gasteiger partial charge in [-0.3, -0.25) is 0 Å². The van der Waals surface area contributed by atoms with Crippen LogP contribution in [0.25, 0.3) is 0 Å². The Morgan fingerprint density at radius 1 is 1.67 bits per heavy atom. The lowest BCUT2D eigenvalue weighted by molar-refractivity contribution is 0.274. The molecule has 2 N–H and O–H groups in total. The Labute approximate surface area is 88.2 Å². The van der Waals surface area contributed by atoms with Gasteiger partial charge in [0.1, 0.15) is 24.2 Å². The number of nitrogens with zero attached hydrogens (tertiary/aromatic N) is 1. The summed E-state index contributed by atoms with van der Waals surface area (Å²) >= 11 is 0. The van der Waals surface area contributed by atoms with E-state index in [-0.39, 0.29) is 6.04 Å². The van der Waals surface area contributed by atoms with Crippen LogP contribution in [0.5, 0.6) is 11.5 Å². The molecule has 4 heteroatoms. The first-order chi connectivity index (χ1) is 7.20. The number of benzene rings is 1. The third-order valence-electron chi connectivity index (χ3n) is 2.30. The highest BCUT2D eigenvalue weighted by Crippen LogP contribution is 2.34. The Balaban J connectivity index is 2.20.